The lowest BCUT2D eigenvalue weighted by molar-refractivity contribution is 0.0690. The molecule has 0 saturated heterocycles. The second-order valence-corrected chi connectivity index (χ2v) is 5.26. The molecule has 1 rings (SSSR count). The highest BCUT2D eigenvalue weighted by Crippen LogP contribution is 2.13. The number of hydrogen-bond acceptors (Lipinski definition) is 4. The molecule has 0 aromatic carbocycles. The Bertz CT molecular complexity index is 378. The van der Waals surface area contributed by atoms with Crippen LogP contribution in [0.25, 0.3) is 0 Å². The monoisotopic (exact) mass is 251 g/mol. The summed E-state index contributed by atoms with van der Waals surface area (Å²) in [5, 5.41) is 8.79. The van der Waals surface area contributed by atoms with Gasteiger partial charge in [-0.1, -0.05) is 27.7 Å². The Morgan fingerprint density at radius 2 is 1.72 bits per heavy atom. The number of rotatable bonds is 6. The summed E-state index contributed by atoms with van der Waals surface area (Å²) in [5.74, 6) is 0.727. The van der Waals surface area contributed by atoms with Gasteiger partial charge in [-0.3, -0.25) is 0 Å². The van der Waals surface area contributed by atoms with Crippen molar-refractivity contribution in [3.63, 3.8) is 0 Å². The molecule has 1 aromatic heterocycles. The van der Waals surface area contributed by atoms with Gasteiger partial charge in [-0.2, -0.15) is 0 Å². The Balaban J connectivity index is 2.87. The second-order valence-electron chi connectivity index (χ2n) is 5.26. The number of carboxylic acids is 1. The first-order valence-electron chi connectivity index (χ1n) is 6.20. The zero-order valence-electron chi connectivity index (χ0n) is 11.4. The maximum Gasteiger partial charge on any atom is 0.356 e. The molecular formula is C13H21N3O2. The molecule has 0 aliphatic rings. The maximum absolute atomic E-state index is 10.7. The summed E-state index contributed by atoms with van der Waals surface area (Å²) < 4.78 is 0. The third kappa shape index (κ3) is 4.31. The Morgan fingerprint density at radius 1 is 1.17 bits per heavy atom. The Labute approximate surface area is 108 Å². The highest BCUT2D eigenvalue weighted by molar-refractivity contribution is 5.84. The summed E-state index contributed by atoms with van der Waals surface area (Å²) in [6, 6.07) is 0. The minimum atomic E-state index is -1.05. The molecular weight excluding hydrogens is 230 g/mol. The lowest BCUT2D eigenvalue weighted by atomic mass is 10.1. The van der Waals surface area contributed by atoms with Crippen LogP contribution in [0.1, 0.15) is 38.2 Å². The van der Waals surface area contributed by atoms with Crippen molar-refractivity contribution in [2.45, 2.75) is 27.7 Å². The molecule has 18 heavy (non-hydrogen) atoms. The predicted molar refractivity (Wildman–Crippen MR) is 70.9 cm³/mol. The van der Waals surface area contributed by atoms with E-state index in [9.17, 15) is 4.79 Å². The van der Waals surface area contributed by atoms with Crippen LogP contribution in [0, 0.1) is 11.8 Å². The first-order chi connectivity index (χ1) is 8.40. The van der Waals surface area contributed by atoms with Crippen LogP contribution in [0.3, 0.4) is 0 Å². The number of carbonyl (C=O) groups is 1. The minimum absolute atomic E-state index is 0.0206. The van der Waals surface area contributed by atoms with E-state index in [1.165, 1.54) is 12.4 Å². The van der Waals surface area contributed by atoms with Gasteiger partial charge in [-0.25, -0.2) is 14.8 Å². The fraction of sp³-hybridized carbons (Fsp3) is 0.615. The van der Waals surface area contributed by atoms with Crippen molar-refractivity contribution in [2.24, 2.45) is 11.8 Å². The van der Waals surface area contributed by atoms with Crippen molar-refractivity contribution in [3.05, 3.63) is 18.1 Å². The van der Waals surface area contributed by atoms with Crippen LogP contribution in [0.2, 0.25) is 0 Å². The summed E-state index contributed by atoms with van der Waals surface area (Å²) in [4.78, 5) is 21.0. The molecule has 5 nitrogen and oxygen atoms in total. The van der Waals surface area contributed by atoms with E-state index in [2.05, 4.69) is 42.6 Å². The zero-order valence-corrected chi connectivity index (χ0v) is 11.4. The molecule has 0 aliphatic carbocycles. The van der Waals surface area contributed by atoms with Crippen molar-refractivity contribution in [1.29, 1.82) is 0 Å². The van der Waals surface area contributed by atoms with Crippen LogP contribution in [-0.4, -0.2) is 34.1 Å². The first kappa shape index (κ1) is 14.4. The van der Waals surface area contributed by atoms with Crippen LogP contribution in [0.5, 0.6) is 0 Å². The van der Waals surface area contributed by atoms with Crippen LogP contribution in [0.15, 0.2) is 12.4 Å². The number of carboxylic acid groups (broad SMARTS) is 1. The topological polar surface area (TPSA) is 66.3 Å². The van der Waals surface area contributed by atoms with Crippen LogP contribution in [0.4, 0.5) is 5.82 Å². The van der Waals surface area contributed by atoms with Gasteiger partial charge in [0, 0.05) is 13.1 Å². The largest absolute Gasteiger partial charge is 0.476 e. The molecule has 0 atom stereocenters. The fourth-order valence-corrected chi connectivity index (χ4v) is 1.74. The summed E-state index contributed by atoms with van der Waals surface area (Å²) in [6.07, 6.45) is 2.85. The second kappa shape index (κ2) is 6.33. The third-order valence-corrected chi connectivity index (χ3v) is 2.35. The third-order valence-electron chi connectivity index (χ3n) is 2.35. The van der Waals surface area contributed by atoms with Crippen LogP contribution < -0.4 is 4.90 Å². The molecule has 0 saturated carbocycles. The lowest BCUT2D eigenvalue weighted by Gasteiger charge is -2.27. The smallest absolute Gasteiger partial charge is 0.356 e. The predicted octanol–water partition coefficient (Wildman–Crippen LogP) is 2.29. The van der Waals surface area contributed by atoms with E-state index in [1.54, 1.807) is 0 Å². The summed E-state index contributed by atoms with van der Waals surface area (Å²) >= 11 is 0. The SMILES string of the molecule is CC(C)CN(CC(C)C)c1cnc(C(=O)O)cn1. The molecule has 100 valence electrons. The van der Waals surface area contributed by atoms with E-state index in [-0.39, 0.29) is 5.69 Å². The quantitative estimate of drug-likeness (QED) is 0.840. The van der Waals surface area contributed by atoms with Crippen LogP contribution in [-0.2, 0) is 0 Å². The van der Waals surface area contributed by atoms with Crippen molar-refractivity contribution in [1.82, 2.24) is 9.97 Å². The molecule has 5 heteroatoms. The summed E-state index contributed by atoms with van der Waals surface area (Å²) in [7, 11) is 0. The van der Waals surface area contributed by atoms with Gasteiger partial charge in [0.25, 0.3) is 0 Å². The van der Waals surface area contributed by atoms with Crippen molar-refractivity contribution >= 4 is 11.8 Å². The van der Waals surface area contributed by atoms with Crippen molar-refractivity contribution in [3.8, 4) is 0 Å². The van der Waals surface area contributed by atoms with Gasteiger partial charge in [0.1, 0.15) is 5.82 Å². The Kier molecular flexibility index (Phi) is 5.07. The molecule has 0 unspecified atom stereocenters. The number of hydrogen-bond donors (Lipinski definition) is 1. The van der Waals surface area contributed by atoms with E-state index in [0.717, 1.165) is 18.9 Å². The average molecular weight is 251 g/mol. The van der Waals surface area contributed by atoms with Crippen molar-refractivity contribution < 1.29 is 9.90 Å². The molecule has 1 aromatic rings. The molecule has 0 radical (unpaired) electrons. The molecule has 1 heterocycles. The van der Waals surface area contributed by atoms with Gasteiger partial charge in [0.05, 0.1) is 12.4 Å². The van der Waals surface area contributed by atoms with Gasteiger partial charge in [0.15, 0.2) is 5.69 Å². The lowest BCUT2D eigenvalue weighted by Crippen LogP contribution is -2.32. The molecule has 0 amide bonds. The summed E-state index contributed by atoms with van der Waals surface area (Å²) in [5.41, 5.74) is -0.0206. The maximum atomic E-state index is 10.7. The highest BCUT2D eigenvalue weighted by Gasteiger charge is 2.13. The zero-order chi connectivity index (χ0) is 13.7. The molecule has 0 aliphatic heterocycles. The van der Waals surface area contributed by atoms with Crippen LogP contribution >= 0.6 is 0 Å². The van der Waals surface area contributed by atoms with E-state index in [1.807, 2.05) is 0 Å². The Morgan fingerprint density at radius 3 is 2.06 bits per heavy atom. The van der Waals surface area contributed by atoms with Gasteiger partial charge in [-0.15, -0.1) is 0 Å². The van der Waals surface area contributed by atoms with Gasteiger partial charge < -0.3 is 10.0 Å². The van der Waals surface area contributed by atoms with E-state index in [0.29, 0.717) is 11.8 Å². The average Bonchev–Trinajstić information content (AvgIpc) is 2.27. The molecule has 1 N–H and O–H groups in total. The normalized spacial score (nSPS) is 11.0. The standard InChI is InChI=1S/C13H21N3O2/c1-9(2)7-16(8-10(3)4)12-6-14-11(5-15-12)13(17)18/h5-6,9-10H,7-8H2,1-4H3,(H,17,18). The number of aromatic carboxylic acids is 1. The summed E-state index contributed by atoms with van der Waals surface area (Å²) in [6.45, 7) is 10.4. The van der Waals surface area contributed by atoms with E-state index >= 15 is 0 Å². The number of nitrogens with zero attached hydrogens (tertiary/aromatic N) is 3. The minimum Gasteiger partial charge on any atom is -0.476 e. The number of aromatic nitrogens is 2. The molecule has 0 fully saturated rings. The number of anilines is 1. The first-order valence-corrected chi connectivity index (χ1v) is 6.20. The molecule has 0 bridgehead atoms. The molecule has 0 spiro atoms. The van der Waals surface area contributed by atoms with Crippen molar-refractivity contribution in [2.75, 3.05) is 18.0 Å². The Hall–Kier alpha value is -1.65. The van der Waals surface area contributed by atoms with E-state index < -0.39 is 5.97 Å². The fourth-order valence-electron chi connectivity index (χ4n) is 1.74. The van der Waals surface area contributed by atoms with Gasteiger partial charge >= 0.3 is 5.97 Å². The van der Waals surface area contributed by atoms with E-state index in [4.69, 9.17) is 5.11 Å². The highest BCUT2D eigenvalue weighted by atomic mass is 16.4. The van der Waals surface area contributed by atoms with Gasteiger partial charge in [-0.05, 0) is 11.8 Å². The van der Waals surface area contributed by atoms with Gasteiger partial charge in [0.2, 0.25) is 0 Å².